The Morgan fingerprint density at radius 2 is 2.04 bits per heavy atom. The van der Waals surface area contributed by atoms with Crippen LogP contribution in [0, 0.1) is 12.3 Å². The van der Waals surface area contributed by atoms with Crippen molar-refractivity contribution >= 4 is 11.7 Å². The molecule has 5 nitrogen and oxygen atoms in total. The molecule has 1 N–H and O–H groups in total. The van der Waals surface area contributed by atoms with Crippen LogP contribution in [-0.2, 0) is 0 Å². The first-order chi connectivity index (χ1) is 11.2. The summed E-state index contributed by atoms with van der Waals surface area (Å²) in [5.74, 6) is 0. The maximum Gasteiger partial charge on any atom is 0.322 e. The van der Waals surface area contributed by atoms with Crippen molar-refractivity contribution in [2.75, 3.05) is 11.9 Å². The van der Waals surface area contributed by atoms with Gasteiger partial charge >= 0.3 is 6.03 Å². The third kappa shape index (κ3) is 2.31. The smallest absolute Gasteiger partial charge is 0.322 e. The lowest BCUT2D eigenvalue weighted by Gasteiger charge is -2.56. The molecule has 1 atom stereocenters. The van der Waals surface area contributed by atoms with Crippen LogP contribution < -0.4 is 5.32 Å². The van der Waals surface area contributed by atoms with E-state index in [0.29, 0.717) is 11.4 Å². The van der Waals surface area contributed by atoms with Gasteiger partial charge in [0, 0.05) is 12.0 Å². The molecule has 1 aromatic carbocycles. The molecule has 1 saturated carbocycles. The van der Waals surface area contributed by atoms with Gasteiger partial charge in [0.05, 0.1) is 6.04 Å². The number of amides is 2. The number of hydrogen-bond acceptors (Lipinski definition) is 3. The van der Waals surface area contributed by atoms with E-state index in [1.165, 1.54) is 37.5 Å². The molecule has 2 aromatic rings. The average molecular weight is 311 g/mol. The quantitative estimate of drug-likeness (QED) is 0.907. The highest BCUT2D eigenvalue weighted by Gasteiger charge is 2.55. The topological polar surface area (TPSA) is 58.4 Å². The van der Waals surface area contributed by atoms with E-state index < -0.39 is 0 Å². The number of carbonyl (C=O) groups is 1. The normalized spacial score (nSPS) is 22.1. The Bertz CT molecular complexity index is 704. The zero-order valence-electron chi connectivity index (χ0n) is 13.3. The predicted octanol–water partition coefficient (Wildman–Crippen LogP) is 4.13. The van der Waals surface area contributed by atoms with Crippen LogP contribution in [0.15, 0.2) is 41.1 Å². The van der Waals surface area contributed by atoms with Crippen molar-refractivity contribution in [3.63, 3.8) is 0 Å². The summed E-state index contributed by atoms with van der Waals surface area (Å²) in [4.78, 5) is 14.7. The van der Waals surface area contributed by atoms with Gasteiger partial charge < -0.3 is 14.7 Å². The summed E-state index contributed by atoms with van der Waals surface area (Å²) in [6.07, 6.45) is 6.44. The second-order valence-electron chi connectivity index (χ2n) is 6.75. The molecule has 0 radical (unpaired) electrons. The number of rotatable bonds is 2. The zero-order valence-corrected chi connectivity index (χ0v) is 13.3. The number of aromatic nitrogens is 1. The van der Waals surface area contributed by atoms with Gasteiger partial charge in [-0.2, -0.15) is 0 Å². The lowest BCUT2D eigenvalue weighted by atomic mass is 9.67. The number of nitrogens with zero attached hydrogens (tertiary/aromatic N) is 2. The number of nitrogens with one attached hydrogen (secondary N) is 1. The van der Waals surface area contributed by atoms with Gasteiger partial charge in [-0.1, -0.05) is 48.3 Å². The highest BCUT2D eigenvalue weighted by molar-refractivity contribution is 5.90. The standard InChI is InChI=1S/C18H21N3O2/c1-13-15(11-23-20-13)19-17(22)21-12-18(9-5-6-10-18)16(21)14-7-3-2-4-8-14/h2-4,7-8,11,16H,5-6,9-10,12H2,1H3,(H,19,22). The molecule has 2 fully saturated rings. The van der Waals surface area contributed by atoms with E-state index in [9.17, 15) is 4.79 Å². The maximum atomic E-state index is 12.7. The molecule has 1 unspecified atom stereocenters. The first-order valence-electron chi connectivity index (χ1n) is 8.23. The van der Waals surface area contributed by atoms with Crippen LogP contribution in [0.4, 0.5) is 10.5 Å². The molecular formula is C18H21N3O2. The van der Waals surface area contributed by atoms with Crippen LogP contribution in [0.2, 0.25) is 0 Å². The zero-order chi connectivity index (χ0) is 15.9. The van der Waals surface area contributed by atoms with Crippen molar-refractivity contribution in [3.8, 4) is 0 Å². The van der Waals surface area contributed by atoms with Crippen molar-refractivity contribution < 1.29 is 9.32 Å². The summed E-state index contributed by atoms with van der Waals surface area (Å²) in [5.41, 5.74) is 2.85. The maximum absolute atomic E-state index is 12.7. The summed E-state index contributed by atoms with van der Waals surface area (Å²) in [7, 11) is 0. The van der Waals surface area contributed by atoms with E-state index in [1.54, 1.807) is 0 Å². The largest absolute Gasteiger partial charge is 0.362 e. The second-order valence-corrected chi connectivity index (χ2v) is 6.75. The van der Waals surface area contributed by atoms with Gasteiger partial charge in [0.25, 0.3) is 0 Å². The van der Waals surface area contributed by atoms with E-state index in [-0.39, 0.29) is 17.5 Å². The minimum absolute atomic E-state index is 0.0670. The Kier molecular flexibility index (Phi) is 3.36. The SMILES string of the molecule is Cc1nocc1NC(=O)N1CC2(CCCC2)C1c1ccccc1. The Balaban J connectivity index is 1.58. The number of likely N-dealkylation sites (tertiary alicyclic amines) is 1. The van der Waals surface area contributed by atoms with Gasteiger partial charge in [0.2, 0.25) is 0 Å². The van der Waals surface area contributed by atoms with Crippen LogP contribution in [0.5, 0.6) is 0 Å². The van der Waals surface area contributed by atoms with E-state index >= 15 is 0 Å². The van der Waals surface area contributed by atoms with Gasteiger partial charge in [-0.3, -0.25) is 0 Å². The average Bonchev–Trinajstić information content (AvgIpc) is 3.17. The number of urea groups is 1. The summed E-state index contributed by atoms with van der Waals surface area (Å²) >= 11 is 0. The highest BCUT2D eigenvalue weighted by Crippen LogP contribution is 2.58. The van der Waals surface area contributed by atoms with Gasteiger partial charge in [0.1, 0.15) is 17.6 Å². The lowest BCUT2D eigenvalue weighted by molar-refractivity contribution is -0.0353. The highest BCUT2D eigenvalue weighted by atomic mass is 16.5. The van der Waals surface area contributed by atoms with E-state index in [2.05, 4.69) is 34.7 Å². The van der Waals surface area contributed by atoms with Crippen molar-refractivity contribution in [2.45, 2.75) is 38.6 Å². The number of aryl methyl sites for hydroxylation is 1. The molecule has 1 aromatic heterocycles. The summed E-state index contributed by atoms with van der Waals surface area (Å²) in [6.45, 7) is 2.66. The first kappa shape index (κ1) is 14.3. The minimum Gasteiger partial charge on any atom is -0.362 e. The Morgan fingerprint density at radius 1 is 1.30 bits per heavy atom. The predicted molar refractivity (Wildman–Crippen MR) is 87.0 cm³/mol. The van der Waals surface area contributed by atoms with Gasteiger partial charge in [-0.05, 0) is 25.3 Å². The molecule has 2 heterocycles. The first-order valence-corrected chi connectivity index (χ1v) is 8.23. The van der Waals surface area contributed by atoms with Crippen molar-refractivity contribution in [1.82, 2.24) is 10.1 Å². The van der Waals surface area contributed by atoms with Gasteiger partial charge in [-0.25, -0.2) is 4.79 Å². The minimum atomic E-state index is -0.0670. The molecule has 1 spiro atoms. The number of hydrogen-bond donors (Lipinski definition) is 1. The molecular weight excluding hydrogens is 290 g/mol. The number of benzene rings is 1. The second kappa shape index (κ2) is 5.41. The van der Waals surface area contributed by atoms with E-state index in [4.69, 9.17) is 4.52 Å². The molecule has 5 heteroatoms. The fourth-order valence-corrected chi connectivity index (χ4v) is 4.20. The van der Waals surface area contributed by atoms with Crippen LogP contribution in [-0.4, -0.2) is 22.6 Å². The number of carbonyl (C=O) groups excluding carboxylic acids is 1. The molecule has 2 aliphatic rings. The van der Waals surface area contributed by atoms with Crippen LogP contribution in [0.25, 0.3) is 0 Å². The Hall–Kier alpha value is -2.30. The molecule has 1 aliphatic carbocycles. The lowest BCUT2D eigenvalue weighted by Crippen LogP contribution is -2.60. The summed E-state index contributed by atoms with van der Waals surface area (Å²) in [6, 6.07) is 10.5. The molecule has 1 aliphatic heterocycles. The fraction of sp³-hybridized carbons (Fsp3) is 0.444. The van der Waals surface area contributed by atoms with E-state index in [0.717, 1.165) is 6.54 Å². The summed E-state index contributed by atoms with van der Waals surface area (Å²) < 4.78 is 4.90. The molecule has 4 rings (SSSR count). The summed E-state index contributed by atoms with van der Waals surface area (Å²) in [5, 5.41) is 6.74. The van der Waals surface area contributed by atoms with Gasteiger partial charge in [-0.15, -0.1) is 0 Å². The van der Waals surface area contributed by atoms with Gasteiger partial charge in [0.15, 0.2) is 0 Å². The molecule has 1 saturated heterocycles. The number of anilines is 1. The van der Waals surface area contributed by atoms with Crippen LogP contribution >= 0.6 is 0 Å². The van der Waals surface area contributed by atoms with E-state index in [1.807, 2.05) is 17.9 Å². The molecule has 0 bridgehead atoms. The Morgan fingerprint density at radius 3 is 2.70 bits per heavy atom. The monoisotopic (exact) mass is 311 g/mol. The molecule has 2 amide bonds. The third-order valence-electron chi connectivity index (χ3n) is 5.34. The molecule has 120 valence electrons. The molecule has 23 heavy (non-hydrogen) atoms. The van der Waals surface area contributed by atoms with Crippen LogP contribution in [0.1, 0.15) is 43.0 Å². The van der Waals surface area contributed by atoms with Crippen molar-refractivity contribution in [2.24, 2.45) is 5.41 Å². The van der Waals surface area contributed by atoms with Crippen LogP contribution in [0.3, 0.4) is 0 Å². The van der Waals surface area contributed by atoms with Crippen molar-refractivity contribution in [1.29, 1.82) is 0 Å². The fourth-order valence-electron chi connectivity index (χ4n) is 4.20. The Labute approximate surface area is 135 Å². The van der Waals surface area contributed by atoms with Crippen molar-refractivity contribution in [3.05, 3.63) is 47.9 Å². The third-order valence-corrected chi connectivity index (χ3v) is 5.34.